The normalized spacial score (nSPS) is 24.4. The Balaban J connectivity index is 2.30. The SMILES string of the molecule is CC(C)CC(=O)[C@@H]1CCCNC1. The van der Waals surface area contributed by atoms with Gasteiger partial charge in [0.15, 0.2) is 0 Å². The van der Waals surface area contributed by atoms with Gasteiger partial charge in [0.25, 0.3) is 0 Å². The van der Waals surface area contributed by atoms with E-state index >= 15 is 0 Å². The summed E-state index contributed by atoms with van der Waals surface area (Å²) in [7, 11) is 0. The van der Waals surface area contributed by atoms with Crippen LogP contribution in [-0.2, 0) is 4.79 Å². The van der Waals surface area contributed by atoms with Gasteiger partial charge >= 0.3 is 0 Å². The van der Waals surface area contributed by atoms with Crippen LogP contribution in [0.15, 0.2) is 0 Å². The van der Waals surface area contributed by atoms with Crippen molar-refractivity contribution in [2.24, 2.45) is 11.8 Å². The van der Waals surface area contributed by atoms with E-state index in [2.05, 4.69) is 19.2 Å². The Bertz CT molecular complexity index is 148. The minimum absolute atomic E-state index is 0.307. The molecule has 0 saturated carbocycles. The molecular formula is C10H19NO. The van der Waals surface area contributed by atoms with E-state index < -0.39 is 0 Å². The smallest absolute Gasteiger partial charge is 0.137 e. The lowest BCUT2D eigenvalue weighted by molar-refractivity contribution is -0.124. The molecule has 1 saturated heterocycles. The van der Waals surface area contributed by atoms with Crippen LogP contribution in [0, 0.1) is 11.8 Å². The summed E-state index contributed by atoms with van der Waals surface area (Å²) in [5.41, 5.74) is 0. The molecule has 0 spiro atoms. The third-order valence-corrected chi connectivity index (χ3v) is 2.36. The number of carbonyl (C=O) groups excluding carboxylic acids is 1. The summed E-state index contributed by atoms with van der Waals surface area (Å²) in [6, 6.07) is 0. The van der Waals surface area contributed by atoms with Gasteiger partial charge in [0, 0.05) is 18.9 Å². The zero-order valence-electron chi connectivity index (χ0n) is 8.10. The third-order valence-electron chi connectivity index (χ3n) is 2.36. The van der Waals surface area contributed by atoms with Crippen molar-refractivity contribution in [2.75, 3.05) is 13.1 Å². The van der Waals surface area contributed by atoms with Gasteiger partial charge < -0.3 is 5.32 Å². The van der Waals surface area contributed by atoms with Crippen LogP contribution >= 0.6 is 0 Å². The maximum Gasteiger partial charge on any atom is 0.137 e. The first-order valence-electron chi connectivity index (χ1n) is 4.93. The lowest BCUT2D eigenvalue weighted by atomic mass is 9.90. The maximum absolute atomic E-state index is 11.6. The number of hydrogen-bond acceptors (Lipinski definition) is 2. The highest BCUT2D eigenvalue weighted by atomic mass is 16.1. The highest BCUT2D eigenvalue weighted by molar-refractivity contribution is 5.81. The molecule has 2 nitrogen and oxygen atoms in total. The van der Waals surface area contributed by atoms with Crippen LogP contribution in [0.5, 0.6) is 0 Å². The lowest BCUT2D eigenvalue weighted by Gasteiger charge is -2.22. The van der Waals surface area contributed by atoms with Gasteiger partial charge in [-0.05, 0) is 25.3 Å². The van der Waals surface area contributed by atoms with Crippen molar-refractivity contribution in [1.29, 1.82) is 0 Å². The number of Topliss-reactive ketones (excluding diaryl/α,β-unsaturated/α-hetero) is 1. The number of rotatable bonds is 3. The highest BCUT2D eigenvalue weighted by Crippen LogP contribution is 2.15. The molecule has 0 unspecified atom stereocenters. The molecule has 1 fully saturated rings. The second-order valence-electron chi connectivity index (χ2n) is 4.11. The predicted molar refractivity (Wildman–Crippen MR) is 50.1 cm³/mol. The van der Waals surface area contributed by atoms with E-state index in [1.165, 1.54) is 0 Å². The zero-order chi connectivity index (χ0) is 8.97. The fourth-order valence-corrected chi connectivity index (χ4v) is 1.70. The minimum atomic E-state index is 0.307. The van der Waals surface area contributed by atoms with Crippen molar-refractivity contribution in [3.63, 3.8) is 0 Å². The summed E-state index contributed by atoms with van der Waals surface area (Å²) in [6.07, 6.45) is 3.01. The molecule has 1 rings (SSSR count). The lowest BCUT2D eigenvalue weighted by Crippen LogP contribution is -2.34. The first kappa shape index (κ1) is 9.72. The second kappa shape index (κ2) is 4.61. The fourth-order valence-electron chi connectivity index (χ4n) is 1.70. The van der Waals surface area contributed by atoms with Crippen LogP contribution in [-0.4, -0.2) is 18.9 Å². The van der Waals surface area contributed by atoms with Gasteiger partial charge in [0.1, 0.15) is 5.78 Å². The summed E-state index contributed by atoms with van der Waals surface area (Å²) in [4.78, 5) is 11.6. The molecule has 0 aliphatic carbocycles. The molecule has 0 aromatic rings. The Kier molecular flexibility index (Phi) is 3.73. The van der Waals surface area contributed by atoms with Crippen molar-refractivity contribution in [3.8, 4) is 0 Å². The van der Waals surface area contributed by atoms with Gasteiger partial charge in [-0.25, -0.2) is 0 Å². The van der Waals surface area contributed by atoms with Crippen LogP contribution in [0.3, 0.4) is 0 Å². The standard InChI is InChI=1S/C10H19NO/c1-8(2)6-10(12)9-4-3-5-11-7-9/h8-9,11H,3-7H2,1-2H3/t9-/m1/s1. The summed E-state index contributed by atoms with van der Waals surface area (Å²) >= 11 is 0. The van der Waals surface area contributed by atoms with Gasteiger partial charge in [-0.2, -0.15) is 0 Å². The molecule has 1 atom stereocenters. The molecule has 2 heteroatoms. The van der Waals surface area contributed by atoms with E-state index in [0.717, 1.165) is 32.4 Å². The quantitative estimate of drug-likeness (QED) is 0.695. The van der Waals surface area contributed by atoms with Gasteiger partial charge in [0.05, 0.1) is 0 Å². The molecule has 12 heavy (non-hydrogen) atoms. The molecule has 1 aliphatic rings. The van der Waals surface area contributed by atoms with Crippen LogP contribution in [0.2, 0.25) is 0 Å². The second-order valence-corrected chi connectivity index (χ2v) is 4.11. The van der Waals surface area contributed by atoms with Crippen molar-refractivity contribution < 1.29 is 4.79 Å². The molecule has 1 aliphatic heterocycles. The van der Waals surface area contributed by atoms with E-state index in [9.17, 15) is 4.79 Å². The summed E-state index contributed by atoms with van der Waals surface area (Å²) in [5, 5.41) is 3.27. The van der Waals surface area contributed by atoms with E-state index in [-0.39, 0.29) is 0 Å². The molecule has 0 radical (unpaired) electrons. The van der Waals surface area contributed by atoms with Crippen LogP contribution in [0.25, 0.3) is 0 Å². The van der Waals surface area contributed by atoms with Crippen LogP contribution < -0.4 is 5.32 Å². The van der Waals surface area contributed by atoms with E-state index in [4.69, 9.17) is 0 Å². The predicted octanol–water partition coefficient (Wildman–Crippen LogP) is 1.60. The van der Waals surface area contributed by atoms with Crippen LogP contribution in [0.1, 0.15) is 33.1 Å². The largest absolute Gasteiger partial charge is 0.316 e. The van der Waals surface area contributed by atoms with Crippen molar-refractivity contribution in [1.82, 2.24) is 5.32 Å². The third kappa shape index (κ3) is 2.94. The Labute approximate surface area is 74.7 Å². The number of nitrogens with one attached hydrogen (secondary N) is 1. The molecule has 0 bridgehead atoms. The topological polar surface area (TPSA) is 29.1 Å². The summed E-state index contributed by atoms with van der Waals surface area (Å²) < 4.78 is 0. The average molecular weight is 169 g/mol. The monoisotopic (exact) mass is 169 g/mol. The number of ketones is 1. The summed E-state index contributed by atoms with van der Waals surface area (Å²) in [5.74, 6) is 1.28. The fraction of sp³-hybridized carbons (Fsp3) is 0.900. The molecule has 0 aromatic carbocycles. The minimum Gasteiger partial charge on any atom is -0.316 e. The van der Waals surface area contributed by atoms with E-state index in [0.29, 0.717) is 17.6 Å². The van der Waals surface area contributed by atoms with Gasteiger partial charge in [-0.1, -0.05) is 13.8 Å². The first-order valence-corrected chi connectivity index (χ1v) is 4.93. The average Bonchev–Trinajstić information content (AvgIpc) is 2.05. The zero-order valence-corrected chi connectivity index (χ0v) is 8.10. The van der Waals surface area contributed by atoms with Gasteiger partial charge in [0.2, 0.25) is 0 Å². The Morgan fingerprint density at radius 3 is 2.83 bits per heavy atom. The van der Waals surface area contributed by atoms with Gasteiger partial charge in [-0.15, -0.1) is 0 Å². The first-order chi connectivity index (χ1) is 5.70. The van der Waals surface area contributed by atoms with E-state index in [1.54, 1.807) is 0 Å². The molecule has 1 N–H and O–H groups in total. The Morgan fingerprint density at radius 2 is 2.33 bits per heavy atom. The highest BCUT2D eigenvalue weighted by Gasteiger charge is 2.20. The number of piperidine rings is 1. The summed E-state index contributed by atoms with van der Waals surface area (Å²) in [6.45, 7) is 6.21. The Hall–Kier alpha value is -0.370. The maximum atomic E-state index is 11.6. The van der Waals surface area contributed by atoms with Crippen molar-refractivity contribution in [3.05, 3.63) is 0 Å². The molecule has 70 valence electrons. The molecule has 0 aromatic heterocycles. The van der Waals surface area contributed by atoms with Gasteiger partial charge in [-0.3, -0.25) is 4.79 Å². The van der Waals surface area contributed by atoms with E-state index in [1.807, 2.05) is 0 Å². The molecule has 1 heterocycles. The van der Waals surface area contributed by atoms with Crippen LogP contribution in [0.4, 0.5) is 0 Å². The Morgan fingerprint density at radius 1 is 1.58 bits per heavy atom. The van der Waals surface area contributed by atoms with Crippen molar-refractivity contribution >= 4 is 5.78 Å². The number of hydrogen-bond donors (Lipinski definition) is 1. The molecule has 0 amide bonds. The molecular weight excluding hydrogens is 150 g/mol. The number of carbonyl (C=O) groups is 1. The van der Waals surface area contributed by atoms with Crippen molar-refractivity contribution in [2.45, 2.75) is 33.1 Å².